The topological polar surface area (TPSA) is 91.8 Å². The van der Waals surface area contributed by atoms with E-state index < -0.39 is 11.9 Å². The number of nitrogens with zero attached hydrogens (tertiary/aromatic N) is 2. The van der Waals surface area contributed by atoms with E-state index in [0.717, 1.165) is 38.9 Å². The molecule has 0 saturated carbocycles. The third-order valence-electron chi connectivity index (χ3n) is 6.58. The first-order valence-electron chi connectivity index (χ1n) is 11.9. The number of amides is 2. The summed E-state index contributed by atoms with van der Waals surface area (Å²) < 4.78 is 6.03. The predicted octanol–water partition coefficient (Wildman–Crippen LogP) is 4.12. The summed E-state index contributed by atoms with van der Waals surface area (Å²) in [6, 6.07) is 24.4. The molecule has 0 radical (unpaired) electrons. The summed E-state index contributed by atoms with van der Waals surface area (Å²) in [6.07, 6.45) is 0.510. The molecule has 3 aromatic carbocycles. The van der Waals surface area contributed by atoms with E-state index in [1.54, 1.807) is 5.48 Å². The minimum absolute atomic E-state index is 0.145. The Kier molecular flexibility index (Phi) is 6.64. The van der Waals surface area contributed by atoms with Gasteiger partial charge in [-0.05, 0) is 47.9 Å². The van der Waals surface area contributed by atoms with Crippen molar-refractivity contribution in [3.8, 4) is 5.75 Å². The van der Waals surface area contributed by atoms with Crippen LogP contribution in [0.5, 0.6) is 5.75 Å². The number of hydrogen-bond acceptors (Lipinski definition) is 5. The molecule has 5 rings (SSSR count). The maximum absolute atomic E-state index is 13.2. The molecule has 0 fully saturated rings. The van der Waals surface area contributed by atoms with Crippen molar-refractivity contribution >= 4 is 22.7 Å². The molecule has 7 nitrogen and oxygen atoms in total. The van der Waals surface area contributed by atoms with Gasteiger partial charge in [0, 0.05) is 29.6 Å². The number of rotatable bonds is 6. The molecule has 2 amide bonds. The van der Waals surface area contributed by atoms with Crippen LogP contribution in [-0.2, 0) is 35.6 Å². The molecule has 1 aromatic heterocycles. The van der Waals surface area contributed by atoms with Gasteiger partial charge < -0.3 is 9.64 Å². The Bertz CT molecular complexity index is 1420. The highest BCUT2D eigenvalue weighted by Gasteiger charge is 2.34. The van der Waals surface area contributed by atoms with Gasteiger partial charge in [-0.25, -0.2) is 5.48 Å². The van der Waals surface area contributed by atoms with Gasteiger partial charge in [0.1, 0.15) is 18.4 Å². The van der Waals surface area contributed by atoms with E-state index in [0.29, 0.717) is 25.3 Å². The number of fused-ring (bicyclic) bond motifs is 2. The van der Waals surface area contributed by atoms with E-state index in [1.165, 1.54) is 4.90 Å². The van der Waals surface area contributed by atoms with Crippen LogP contribution >= 0.6 is 0 Å². The number of para-hydroxylation sites is 1. The van der Waals surface area contributed by atoms with Gasteiger partial charge in [-0.3, -0.25) is 19.8 Å². The summed E-state index contributed by atoms with van der Waals surface area (Å²) in [4.78, 5) is 31.6. The number of aryl methyl sites for hydroxylation is 1. The number of hydroxylamine groups is 1. The van der Waals surface area contributed by atoms with Crippen molar-refractivity contribution < 1.29 is 19.5 Å². The molecule has 1 aliphatic heterocycles. The van der Waals surface area contributed by atoms with Gasteiger partial charge in [-0.2, -0.15) is 0 Å². The van der Waals surface area contributed by atoms with Crippen LogP contribution in [0, 0.1) is 6.92 Å². The standard InChI is InChI=1S/C29H27N3O4/c1-19-14-23(25-8-4-5-9-26(25)30-19)18-36-24-12-10-20(11-13-24)15-28(33)32-17-22-7-3-2-6-21(22)16-27(32)29(34)31-35/h2-14,27,35H,15-18H2,1H3,(H,31,34). The maximum Gasteiger partial charge on any atom is 0.266 e. The fourth-order valence-electron chi connectivity index (χ4n) is 4.75. The average molecular weight is 482 g/mol. The Hall–Kier alpha value is -4.23. The Labute approximate surface area is 209 Å². The highest BCUT2D eigenvalue weighted by atomic mass is 16.5. The highest BCUT2D eigenvalue weighted by molar-refractivity contribution is 5.88. The van der Waals surface area contributed by atoms with Gasteiger partial charge in [0.25, 0.3) is 5.91 Å². The average Bonchev–Trinajstić information content (AvgIpc) is 2.91. The summed E-state index contributed by atoms with van der Waals surface area (Å²) in [6.45, 7) is 2.71. The third-order valence-corrected chi connectivity index (χ3v) is 6.58. The van der Waals surface area contributed by atoms with Crippen molar-refractivity contribution in [3.05, 3.63) is 107 Å². The number of benzene rings is 3. The molecule has 1 aliphatic rings. The zero-order valence-electron chi connectivity index (χ0n) is 20.0. The van der Waals surface area contributed by atoms with Crippen LogP contribution in [0.25, 0.3) is 10.9 Å². The van der Waals surface area contributed by atoms with E-state index in [-0.39, 0.29) is 12.3 Å². The van der Waals surface area contributed by atoms with Crippen LogP contribution in [0.2, 0.25) is 0 Å². The Morgan fingerprint density at radius 1 is 1.03 bits per heavy atom. The summed E-state index contributed by atoms with van der Waals surface area (Å²) in [7, 11) is 0. The van der Waals surface area contributed by atoms with Crippen molar-refractivity contribution in [2.75, 3.05) is 0 Å². The number of pyridine rings is 1. The molecule has 0 saturated heterocycles. The first kappa shape index (κ1) is 23.5. The maximum atomic E-state index is 13.2. The van der Waals surface area contributed by atoms with Crippen LogP contribution in [0.3, 0.4) is 0 Å². The lowest BCUT2D eigenvalue weighted by molar-refractivity contribution is -0.145. The highest BCUT2D eigenvalue weighted by Crippen LogP contribution is 2.25. The zero-order chi connectivity index (χ0) is 25.1. The van der Waals surface area contributed by atoms with Crippen LogP contribution < -0.4 is 10.2 Å². The van der Waals surface area contributed by atoms with Crippen LogP contribution in [0.1, 0.15) is 27.9 Å². The van der Waals surface area contributed by atoms with E-state index in [4.69, 9.17) is 4.74 Å². The van der Waals surface area contributed by atoms with Crippen LogP contribution in [0.15, 0.2) is 78.9 Å². The summed E-state index contributed by atoms with van der Waals surface area (Å²) >= 11 is 0. The van der Waals surface area contributed by atoms with Crippen molar-refractivity contribution in [1.82, 2.24) is 15.4 Å². The molecule has 36 heavy (non-hydrogen) atoms. The Balaban J connectivity index is 1.26. The Morgan fingerprint density at radius 2 is 1.75 bits per heavy atom. The first-order chi connectivity index (χ1) is 17.5. The summed E-state index contributed by atoms with van der Waals surface area (Å²) in [5.74, 6) is -0.0554. The minimum Gasteiger partial charge on any atom is -0.489 e. The van der Waals surface area contributed by atoms with Gasteiger partial charge in [-0.1, -0.05) is 54.6 Å². The lowest BCUT2D eigenvalue weighted by atomic mass is 9.93. The smallest absolute Gasteiger partial charge is 0.266 e. The molecule has 2 N–H and O–H groups in total. The van der Waals surface area contributed by atoms with Crippen molar-refractivity contribution in [2.24, 2.45) is 0 Å². The van der Waals surface area contributed by atoms with E-state index in [9.17, 15) is 14.8 Å². The van der Waals surface area contributed by atoms with Crippen molar-refractivity contribution in [2.45, 2.75) is 39.0 Å². The number of nitrogens with one attached hydrogen (secondary N) is 1. The quantitative estimate of drug-likeness (QED) is 0.319. The second kappa shape index (κ2) is 10.2. The second-order valence-electron chi connectivity index (χ2n) is 9.04. The normalized spacial score (nSPS) is 14.8. The SMILES string of the molecule is Cc1cc(COc2ccc(CC(=O)N3Cc4ccccc4CC3C(=O)NO)cc2)c2ccccc2n1. The molecule has 182 valence electrons. The second-order valence-corrected chi connectivity index (χ2v) is 9.04. The van der Waals surface area contributed by atoms with Gasteiger partial charge in [0.05, 0.1) is 11.9 Å². The van der Waals surface area contributed by atoms with Crippen LogP contribution in [0.4, 0.5) is 0 Å². The number of aromatic nitrogens is 1. The van der Waals surface area contributed by atoms with Crippen LogP contribution in [-0.4, -0.2) is 32.9 Å². The van der Waals surface area contributed by atoms with Gasteiger partial charge in [0.15, 0.2) is 0 Å². The molecule has 0 spiro atoms. The van der Waals surface area contributed by atoms with E-state index >= 15 is 0 Å². The molecule has 0 aliphatic carbocycles. The zero-order valence-corrected chi connectivity index (χ0v) is 20.0. The first-order valence-corrected chi connectivity index (χ1v) is 11.9. The number of hydrogen-bond donors (Lipinski definition) is 2. The molecule has 1 unspecified atom stereocenters. The molecule has 2 heterocycles. The van der Waals surface area contributed by atoms with Gasteiger partial charge in [-0.15, -0.1) is 0 Å². The molecular weight excluding hydrogens is 454 g/mol. The summed E-state index contributed by atoms with van der Waals surface area (Å²) in [5.41, 5.74) is 7.50. The molecule has 7 heteroatoms. The lowest BCUT2D eigenvalue weighted by Gasteiger charge is -2.35. The molecule has 4 aromatic rings. The number of ether oxygens (including phenoxy) is 1. The van der Waals surface area contributed by atoms with Gasteiger partial charge >= 0.3 is 0 Å². The summed E-state index contributed by atoms with van der Waals surface area (Å²) in [5, 5.41) is 10.3. The van der Waals surface area contributed by atoms with E-state index in [1.807, 2.05) is 85.8 Å². The fourth-order valence-corrected chi connectivity index (χ4v) is 4.75. The lowest BCUT2D eigenvalue weighted by Crippen LogP contribution is -2.52. The third kappa shape index (κ3) is 4.92. The van der Waals surface area contributed by atoms with Crippen molar-refractivity contribution in [3.63, 3.8) is 0 Å². The number of carbonyl (C=O) groups is 2. The largest absolute Gasteiger partial charge is 0.489 e. The van der Waals surface area contributed by atoms with Gasteiger partial charge in [0.2, 0.25) is 5.91 Å². The monoisotopic (exact) mass is 481 g/mol. The molecular formula is C29H27N3O4. The van der Waals surface area contributed by atoms with Crippen molar-refractivity contribution in [1.29, 1.82) is 0 Å². The number of carbonyl (C=O) groups excluding carboxylic acids is 2. The molecule has 0 bridgehead atoms. The molecule has 1 atom stereocenters. The fraction of sp³-hybridized carbons (Fsp3) is 0.207. The Morgan fingerprint density at radius 3 is 2.53 bits per heavy atom. The van der Waals surface area contributed by atoms with E-state index in [2.05, 4.69) is 4.98 Å². The minimum atomic E-state index is -0.751. The predicted molar refractivity (Wildman–Crippen MR) is 135 cm³/mol.